The van der Waals surface area contributed by atoms with Gasteiger partial charge in [0.2, 0.25) is 0 Å². The number of hydrogen-bond acceptors (Lipinski definition) is 7. The zero-order valence-corrected chi connectivity index (χ0v) is 9.11. The van der Waals surface area contributed by atoms with Gasteiger partial charge in [-0.1, -0.05) is 0 Å². The summed E-state index contributed by atoms with van der Waals surface area (Å²) in [5.41, 5.74) is 0. The molecule has 0 rings (SSSR count). The van der Waals surface area contributed by atoms with Gasteiger partial charge in [-0.2, -0.15) is 0 Å². The largest absolute Gasteiger partial charge is 2.00 e. The van der Waals surface area contributed by atoms with Gasteiger partial charge in [-0.3, -0.25) is 8.42 Å². The van der Waals surface area contributed by atoms with Gasteiger partial charge in [-0.25, -0.2) is 0 Å². The predicted molar refractivity (Wildman–Crippen MR) is 36.4 cm³/mol. The summed E-state index contributed by atoms with van der Waals surface area (Å²) in [6.45, 7) is -0.729. The van der Waals surface area contributed by atoms with Crippen molar-refractivity contribution in [3.63, 3.8) is 0 Å². The van der Waals surface area contributed by atoms with Crippen molar-refractivity contribution in [3.8, 4) is 0 Å². The van der Waals surface area contributed by atoms with E-state index in [1.807, 2.05) is 0 Å². The molecule has 0 fully saturated rings. The Morgan fingerprint density at radius 2 is 1.33 bits per heavy atom. The van der Waals surface area contributed by atoms with Gasteiger partial charge in [0.15, 0.2) is 0 Å². The van der Waals surface area contributed by atoms with Crippen LogP contribution in [0.5, 0.6) is 0 Å². The Bertz CT molecular complexity index is 153. The van der Waals surface area contributed by atoms with Gasteiger partial charge in [0.25, 0.3) is 0 Å². The average Bonchev–Trinajstić information content (AvgIpc) is 1.83. The minimum atomic E-state index is -5.17. The minimum absolute atomic E-state index is 0. The molecule has 0 radical (unpaired) electrons. The van der Waals surface area contributed by atoms with Crippen LogP contribution in [0.1, 0.15) is 0 Å². The van der Waals surface area contributed by atoms with Crippen molar-refractivity contribution >= 4 is 48.1 Å². The van der Waals surface area contributed by atoms with Crippen LogP contribution in [0.15, 0.2) is 0 Å². The van der Waals surface area contributed by atoms with E-state index in [0.29, 0.717) is 0 Å². The van der Waals surface area contributed by atoms with E-state index in [1.54, 1.807) is 0 Å². The summed E-state index contributed by atoms with van der Waals surface area (Å²) in [4.78, 5) is 0. The summed E-state index contributed by atoms with van der Waals surface area (Å²) in [7, 11) is -5.17. The summed E-state index contributed by atoms with van der Waals surface area (Å²) in [6, 6.07) is 0. The van der Waals surface area contributed by atoms with Crippen LogP contribution in [-0.2, 0) is 10.4 Å². The van der Waals surface area contributed by atoms with Crippen LogP contribution in [0.2, 0.25) is 0 Å². The van der Waals surface area contributed by atoms with Crippen molar-refractivity contribution < 1.29 is 32.8 Å². The molecule has 7 nitrogen and oxygen atoms in total. The van der Waals surface area contributed by atoms with E-state index in [4.69, 9.17) is 32.8 Å². The SMILES string of the molecule is O=S(=O)([O-])[O-].OCC(O)CO.[Ca+2]. The molecule has 12 heavy (non-hydrogen) atoms. The number of hydrogen-bond donors (Lipinski definition) is 3. The monoisotopic (exact) mass is 228 g/mol. The molecule has 3 N–H and O–H groups in total. The Labute approximate surface area is 99.6 Å². The van der Waals surface area contributed by atoms with Crippen molar-refractivity contribution in [2.24, 2.45) is 0 Å². The summed E-state index contributed by atoms with van der Waals surface area (Å²) in [6.07, 6.45) is -0.954. The summed E-state index contributed by atoms with van der Waals surface area (Å²) in [5, 5.41) is 24.0. The fourth-order valence-corrected chi connectivity index (χ4v) is 0.0577. The Balaban J connectivity index is -0.000000126. The molecule has 0 heterocycles. The second kappa shape index (κ2) is 10.1. The molecule has 0 saturated carbocycles. The molecule has 0 aliphatic carbocycles. The van der Waals surface area contributed by atoms with Crippen molar-refractivity contribution in [3.05, 3.63) is 0 Å². The quantitative estimate of drug-likeness (QED) is 0.254. The number of aliphatic hydroxyl groups excluding tert-OH is 3. The zero-order chi connectivity index (χ0) is 9.49. The van der Waals surface area contributed by atoms with Gasteiger partial charge in [0.1, 0.15) is 6.10 Å². The first-order chi connectivity index (χ1) is 4.81. The van der Waals surface area contributed by atoms with Crippen LogP contribution >= 0.6 is 0 Å². The maximum Gasteiger partial charge on any atom is 2.00 e. The molecule has 0 amide bonds. The molecular weight excluding hydrogens is 220 g/mol. The maximum atomic E-state index is 8.52. The molecule has 0 aromatic carbocycles. The van der Waals surface area contributed by atoms with Crippen LogP contribution in [0.3, 0.4) is 0 Å². The van der Waals surface area contributed by atoms with E-state index in [0.717, 1.165) is 0 Å². The molecule has 0 aromatic rings. The first-order valence-electron chi connectivity index (χ1n) is 2.37. The molecule has 70 valence electrons. The van der Waals surface area contributed by atoms with Gasteiger partial charge in [0, 0.05) is 10.4 Å². The van der Waals surface area contributed by atoms with Gasteiger partial charge in [0.05, 0.1) is 13.2 Å². The molecule has 9 heteroatoms. The third-order valence-electron chi connectivity index (χ3n) is 0.421. The van der Waals surface area contributed by atoms with Gasteiger partial charge < -0.3 is 24.4 Å². The number of aliphatic hydroxyl groups is 3. The third kappa shape index (κ3) is 44.0. The molecular formula is C3H8CaO7S. The van der Waals surface area contributed by atoms with Crippen LogP contribution in [0.4, 0.5) is 0 Å². The van der Waals surface area contributed by atoms with Crippen molar-refractivity contribution in [2.75, 3.05) is 13.2 Å². The van der Waals surface area contributed by atoms with Crippen LogP contribution in [-0.4, -0.2) is 89.9 Å². The van der Waals surface area contributed by atoms with E-state index < -0.39 is 16.5 Å². The van der Waals surface area contributed by atoms with Crippen LogP contribution in [0.25, 0.3) is 0 Å². The van der Waals surface area contributed by atoms with Crippen LogP contribution in [0, 0.1) is 0 Å². The first-order valence-corrected chi connectivity index (χ1v) is 3.71. The Kier molecular flexibility index (Phi) is 15.8. The molecule has 0 bridgehead atoms. The number of rotatable bonds is 2. The van der Waals surface area contributed by atoms with Crippen molar-refractivity contribution in [2.45, 2.75) is 6.10 Å². The molecule has 0 aliphatic heterocycles. The second-order valence-corrected chi connectivity index (χ2v) is 2.24. The summed E-state index contributed by atoms with van der Waals surface area (Å²) < 4.78 is 34.1. The third-order valence-corrected chi connectivity index (χ3v) is 0.421. The fourth-order valence-electron chi connectivity index (χ4n) is 0.0577. The Hall–Kier alpha value is 1.01. The Morgan fingerprint density at radius 1 is 1.17 bits per heavy atom. The molecule has 0 saturated heterocycles. The van der Waals surface area contributed by atoms with E-state index in [9.17, 15) is 0 Å². The zero-order valence-electron chi connectivity index (χ0n) is 6.08. The minimum Gasteiger partial charge on any atom is -0.759 e. The van der Waals surface area contributed by atoms with Crippen molar-refractivity contribution in [1.82, 2.24) is 0 Å². The summed E-state index contributed by atoms with van der Waals surface area (Å²) in [5.74, 6) is 0. The smallest absolute Gasteiger partial charge is 0.759 e. The maximum absolute atomic E-state index is 8.52. The van der Waals surface area contributed by atoms with Crippen LogP contribution < -0.4 is 0 Å². The summed E-state index contributed by atoms with van der Waals surface area (Å²) >= 11 is 0. The van der Waals surface area contributed by atoms with Gasteiger partial charge >= 0.3 is 37.7 Å². The topological polar surface area (TPSA) is 141 Å². The normalized spacial score (nSPS) is 9.83. The van der Waals surface area contributed by atoms with E-state index in [2.05, 4.69) is 0 Å². The van der Waals surface area contributed by atoms with Crippen molar-refractivity contribution in [1.29, 1.82) is 0 Å². The standard InChI is InChI=1S/C3H8O3.Ca.H2O4S/c4-1-3(6)2-5;;1-5(2,3)4/h3-6H,1-2H2;;(H2,1,2,3,4)/q;+2;/p-2. The molecule has 0 spiro atoms. The second-order valence-electron chi connectivity index (χ2n) is 1.43. The van der Waals surface area contributed by atoms with E-state index in [1.165, 1.54) is 0 Å². The Morgan fingerprint density at radius 3 is 1.33 bits per heavy atom. The average molecular weight is 228 g/mol. The molecule has 0 aromatic heterocycles. The molecule has 0 aliphatic rings. The van der Waals surface area contributed by atoms with E-state index in [-0.39, 0.29) is 51.0 Å². The predicted octanol–water partition coefficient (Wildman–Crippen LogP) is -3.39. The van der Waals surface area contributed by atoms with Gasteiger partial charge in [-0.05, 0) is 0 Å². The molecule has 0 unspecified atom stereocenters. The first kappa shape index (κ1) is 18.7. The fraction of sp³-hybridized carbons (Fsp3) is 1.00. The molecule has 0 atom stereocenters. The van der Waals surface area contributed by atoms with Gasteiger partial charge in [-0.15, -0.1) is 0 Å². The van der Waals surface area contributed by atoms with E-state index >= 15 is 0 Å².